The van der Waals surface area contributed by atoms with Crippen molar-refractivity contribution in [3.63, 3.8) is 0 Å². The first kappa shape index (κ1) is 16.0. The first-order valence-corrected chi connectivity index (χ1v) is 9.04. The molecule has 0 amide bonds. The highest BCUT2D eigenvalue weighted by atomic mass is 35.5. The van der Waals surface area contributed by atoms with E-state index in [-0.39, 0.29) is 10.6 Å². The molecule has 1 N–H and O–H groups in total. The molecule has 0 radical (unpaired) electrons. The smallest absolute Gasteiger partial charge is 0.179 e. The third-order valence-corrected chi connectivity index (χ3v) is 5.78. The van der Waals surface area contributed by atoms with Crippen molar-refractivity contribution >= 4 is 32.8 Å². The standard InChI is InChI=1S/C14H13ClN2O2S2/c15-14-6-3-12(20-14)10-17-7-8-21(18,19)13-4-1-11(9-16)2-5-13/h1-6,17H,7-8,10H2. The number of halogens is 1. The summed E-state index contributed by atoms with van der Waals surface area (Å²) in [6.07, 6.45) is 0. The third-order valence-electron chi connectivity index (χ3n) is 2.82. The lowest BCUT2D eigenvalue weighted by molar-refractivity contribution is 0.591. The number of hydrogen-bond acceptors (Lipinski definition) is 5. The number of nitrogens with one attached hydrogen (secondary N) is 1. The predicted molar refractivity (Wildman–Crippen MR) is 84.2 cm³/mol. The maximum atomic E-state index is 12.1. The molecule has 1 aromatic carbocycles. The summed E-state index contributed by atoms with van der Waals surface area (Å²) in [5.74, 6) is 0.0119. The number of thiophene rings is 1. The van der Waals surface area contributed by atoms with Crippen molar-refractivity contribution in [1.29, 1.82) is 5.26 Å². The lowest BCUT2D eigenvalue weighted by Gasteiger charge is -2.05. The Balaban J connectivity index is 1.87. The summed E-state index contributed by atoms with van der Waals surface area (Å²) in [6, 6.07) is 11.6. The lowest BCUT2D eigenvalue weighted by Crippen LogP contribution is -2.22. The van der Waals surface area contributed by atoms with Gasteiger partial charge in [-0.15, -0.1) is 11.3 Å². The first-order valence-electron chi connectivity index (χ1n) is 6.19. The maximum absolute atomic E-state index is 12.1. The molecule has 0 atom stereocenters. The van der Waals surface area contributed by atoms with Gasteiger partial charge < -0.3 is 5.32 Å². The Bertz CT molecular complexity index is 746. The number of rotatable bonds is 6. The van der Waals surface area contributed by atoms with Gasteiger partial charge in [-0.25, -0.2) is 8.42 Å². The van der Waals surface area contributed by atoms with Gasteiger partial charge in [-0.2, -0.15) is 5.26 Å². The summed E-state index contributed by atoms with van der Waals surface area (Å²) in [6.45, 7) is 0.956. The Hall–Kier alpha value is -1.39. The lowest BCUT2D eigenvalue weighted by atomic mass is 10.2. The molecule has 0 saturated carbocycles. The van der Waals surface area contributed by atoms with Gasteiger partial charge in [0.25, 0.3) is 0 Å². The molecule has 0 aliphatic carbocycles. The zero-order chi connectivity index (χ0) is 15.3. The topological polar surface area (TPSA) is 70.0 Å². The molecule has 0 bridgehead atoms. The summed E-state index contributed by atoms with van der Waals surface area (Å²) in [7, 11) is -3.33. The van der Waals surface area contributed by atoms with Crippen molar-refractivity contribution < 1.29 is 8.42 Å². The minimum absolute atomic E-state index is 0.0119. The molecule has 1 aromatic heterocycles. The zero-order valence-electron chi connectivity index (χ0n) is 11.0. The molecule has 7 heteroatoms. The van der Waals surface area contributed by atoms with E-state index in [1.54, 1.807) is 0 Å². The second kappa shape index (κ2) is 7.05. The highest BCUT2D eigenvalue weighted by Crippen LogP contribution is 2.21. The Morgan fingerprint density at radius 1 is 1.19 bits per heavy atom. The summed E-state index contributed by atoms with van der Waals surface area (Å²) in [5.41, 5.74) is 0.446. The maximum Gasteiger partial charge on any atom is 0.179 e. The van der Waals surface area contributed by atoms with Crippen LogP contribution in [0.1, 0.15) is 10.4 Å². The molecule has 0 unspecified atom stereocenters. The normalized spacial score (nSPS) is 11.2. The SMILES string of the molecule is N#Cc1ccc(S(=O)(=O)CCNCc2ccc(Cl)s2)cc1. The fraction of sp³-hybridized carbons (Fsp3) is 0.214. The van der Waals surface area contributed by atoms with Gasteiger partial charge in [-0.1, -0.05) is 11.6 Å². The van der Waals surface area contributed by atoms with Gasteiger partial charge in [0.05, 0.1) is 26.6 Å². The van der Waals surface area contributed by atoms with Crippen molar-refractivity contribution in [2.24, 2.45) is 0 Å². The molecule has 0 fully saturated rings. The van der Waals surface area contributed by atoms with Crippen LogP contribution in [0.15, 0.2) is 41.3 Å². The van der Waals surface area contributed by atoms with E-state index in [9.17, 15) is 8.42 Å². The van der Waals surface area contributed by atoms with E-state index in [4.69, 9.17) is 16.9 Å². The molecule has 0 saturated heterocycles. The van der Waals surface area contributed by atoms with Crippen molar-refractivity contribution in [1.82, 2.24) is 5.32 Å². The van der Waals surface area contributed by atoms with Crippen LogP contribution in [0.3, 0.4) is 0 Å². The van der Waals surface area contributed by atoms with Crippen molar-refractivity contribution in [2.75, 3.05) is 12.3 Å². The highest BCUT2D eigenvalue weighted by molar-refractivity contribution is 7.91. The predicted octanol–water partition coefficient (Wildman–Crippen LogP) is 2.84. The van der Waals surface area contributed by atoms with Crippen LogP contribution in [0.5, 0.6) is 0 Å². The van der Waals surface area contributed by atoms with Crippen LogP contribution < -0.4 is 5.32 Å². The van der Waals surface area contributed by atoms with Gasteiger partial charge >= 0.3 is 0 Å². The second-order valence-electron chi connectivity index (χ2n) is 4.34. The molecule has 21 heavy (non-hydrogen) atoms. The number of sulfone groups is 1. The van der Waals surface area contributed by atoms with Gasteiger partial charge in [-0.05, 0) is 36.4 Å². The molecule has 0 aliphatic heterocycles. The van der Waals surface area contributed by atoms with Crippen LogP contribution in [0.2, 0.25) is 4.34 Å². The molecular weight excluding hydrogens is 328 g/mol. The molecule has 4 nitrogen and oxygen atoms in total. The van der Waals surface area contributed by atoms with Crippen LogP contribution in [-0.4, -0.2) is 20.7 Å². The monoisotopic (exact) mass is 340 g/mol. The molecule has 0 spiro atoms. The second-order valence-corrected chi connectivity index (χ2v) is 8.25. The Morgan fingerprint density at radius 2 is 1.90 bits per heavy atom. The Kier molecular flexibility index (Phi) is 5.37. The quantitative estimate of drug-likeness (QED) is 0.821. The summed E-state index contributed by atoms with van der Waals surface area (Å²) >= 11 is 7.29. The van der Waals surface area contributed by atoms with Crippen LogP contribution in [-0.2, 0) is 16.4 Å². The fourth-order valence-corrected chi connectivity index (χ4v) is 3.98. The van der Waals surface area contributed by atoms with Crippen LogP contribution >= 0.6 is 22.9 Å². The first-order chi connectivity index (χ1) is 10.0. The van der Waals surface area contributed by atoms with E-state index >= 15 is 0 Å². The van der Waals surface area contributed by atoms with Crippen LogP contribution in [0.25, 0.3) is 0 Å². The van der Waals surface area contributed by atoms with Gasteiger partial charge in [-0.3, -0.25) is 0 Å². The van der Waals surface area contributed by atoms with Gasteiger partial charge in [0.15, 0.2) is 9.84 Å². The minimum atomic E-state index is -3.33. The average Bonchev–Trinajstić information content (AvgIpc) is 2.89. The highest BCUT2D eigenvalue weighted by Gasteiger charge is 2.13. The van der Waals surface area contributed by atoms with Crippen molar-refractivity contribution in [3.8, 4) is 6.07 Å². The van der Waals surface area contributed by atoms with Gasteiger partial charge in [0, 0.05) is 18.0 Å². The van der Waals surface area contributed by atoms with Crippen molar-refractivity contribution in [2.45, 2.75) is 11.4 Å². The summed E-state index contributed by atoms with van der Waals surface area (Å²) in [5, 5.41) is 11.8. The minimum Gasteiger partial charge on any atom is -0.311 e. The molecule has 1 heterocycles. The van der Waals surface area contributed by atoms with E-state index < -0.39 is 9.84 Å². The zero-order valence-corrected chi connectivity index (χ0v) is 13.4. The van der Waals surface area contributed by atoms with E-state index in [1.165, 1.54) is 35.6 Å². The Labute approximate surface area is 132 Å². The fourth-order valence-electron chi connectivity index (χ4n) is 1.72. The molecule has 0 aliphatic rings. The number of hydrogen-bond donors (Lipinski definition) is 1. The third kappa shape index (κ3) is 4.55. The van der Waals surface area contributed by atoms with E-state index in [1.807, 2.05) is 18.2 Å². The molecule has 2 rings (SSSR count). The molecule has 2 aromatic rings. The molecule has 110 valence electrons. The van der Waals surface area contributed by atoms with Gasteiger partial charge in [0.2, 0.25) is 0 Å². The summed E-state index contributed by atoms with van der Waals surface area (Å²) < 4.78 is 24.9. The molecular formula is C14H13ClN2O2S2. The van der Waals surface area contributed by atoms with E-state index in [0.717, 1.165) is 9.21 Å². The van der Waals surface area contributed by atoms with Crippen LogP contribution in [0.4, 0.5) is 0 Å². The van der Waals surface area contributed by atoms with Crippen molar-refractivity contribution in [3.05, 3.63) is 51.2 Å². The van der Waals surface area contributed by atoms with Crippen LogP contribution in [0, 0.1) is 11.3 Å². The number of nitrogens with zero attached hydrogens (tertiary/aromatic N) is 1. The largest absolute Gasteiger partial charge is 0.311 e. The average molecular weight is 341 g/mol. The van der Waals surface area contributed by atoms with E-state index in [0.29, 0.717) is 18.7 Å². The summed E-state index contributed by atoms with van der Waals surface area (Å²) in [4.78, 5) is 1.30. The number of benzene rings is 1. The van der Waals surface area contributed by atoms with E-state index in [2.05, 4.69) is 5.32 Å². The number of nitriles is 1. The Morgan fingerprint density at radius 3 is 2.48 bits per heavy atom. The van der Waals surface area contributed by atoms with Gasteiger partial charge in [0.1, 0.15) is 0 Å².